The van der Waals surface area contributed by atoms with Gasteiger partial charge in [-0.25, -0.2) is 24.3 Å². The van der Waals surface area contributed by atoms with Crippen LogP contribution in [-0.4, -0.2) is 47.7 Å². The lowest BCUT2D eigenvalue weighted by Gasteiger charge is -2.30. The summed E-state index contributed by atoms with van der Waals surface area (Å²) in [6.45, 7) is 10.6. The van der Waals surface area contributed by atoms with Crippen molar-refractivity contribution in [2.24, 2.45) is 0 Å². The number of aromatic nitrogens is 5. The summed E-state index contributed by atoms with van der Waals surface area (Å²) >= 11 is 1.60. The van der Waals surface area contributed by atoms with Gasteiger partial charge in [0.2, 0.25) is 0 Å². The molecule has 39 heavy (non-hydrogen) atoms. The number of hydrogen-bond acceptors (Lipinski definition) is 9. The number of rotatable bonds is 4. The highest BCUT2D eigenvalue weighted by Gasteiger charge is 2.29. The summed E-state index contributed by atoms with van der Waals surface area (Å²) in [6, 6.07) is 9.68. The minimum absolute atomic E-state index is 0.288. The van der Waals surface area contributed by atoms with Crippen LogP contribution in [0.25, 0.3) is 15.9 Å². The maximum atomic E-state index is 12.6. The molecule has 0 atom stereocenters. The van der Waals surface area contributed by atoms with Crippen LogP contribution >= 0.6 is 11.3 Å². The molecule has 0 saturated heterocycles. The second kappa shape index (κ2) is 9.49. The monoisotopic (exact) mass is 543 g/mol. The van der Waals surface area contributed by atoms with E-state index in [1.54, 1.807) is 27.1 Å². The van der Waals surface area contributed by atoms with Crippen molar-refractivity contribution in [2.75, 3.05) is 11.9 Å². The summed E-state index contributed by atoms with van der Waals surface area (Å²) in [5.41, 5.74) is 3.27. The number of carbonyl (C=O) groups is 1. The molecule has 11 heteroatoms. The predicted octanol–water partition coefficient (Wildman–Crippen LogP) is 6.18. The fourth-order valence-corrected chi connectivity index (χ4v) is 5.85. The molecule has 1 amide bonds. The number of hydrogen-bond donors (Lipinski definition) is 1. The zero-order chi connectivity index (χ0) is 27.3. The van der Waals surface area contributed by atoms with Gasteiger partial charge in [-0.05, 0) is 76.4 Å². The third kappa shape index (κ3) is 5.09. The van der Waals surface area contributed by atoms with Crippen molar-refractivity contribution in [1.82, 2.24) is 29.5 Å². The van der Waals surface area contributed by atoms with Crippen molar-refractivity contribution in [3.05, 3.63) is 64.7 Å². The van der Waals surface area contributed by atoms with Gasteiger partial charge in [0.25, 0.3) is 0 Å². The fourth-order valence-electron chi connectivity index (χ4n) is 4.65. The smallest absolute Gasteiger partial charge is 0.410 e. The van der Waals surface area contributed by atoms with Crippen LogP contribution in [-0.2, 0) is 17.7 Å². The van der Waals surface area contributed by atoms with Gasteiger partial charge in [-0.3, -0.25) is 0 Å². The summed E-state index contributed by atoms with van der Waals surface area (Å²) in [7, 11) is 0. The van der Waals surface area contributed by atoms with Crippen LogP contribution in [0.4, 0.5) is 16.3 Å². The van der Waals surface area contributed by atoms with Crippen molar-refractivity contribution in [3.63, 3.8) is 0 Å². The zero-order valence-corrected chi connectivity index (χ0v) is 23.3. The number of nitrogens with zero attached hydrogens (tertiary/aromatic N) is 6. The molecular weight excluding hydrogens is 514 g/mol. The van der Waals surface area contributed by atoms with E-state index in [-0.39, 0.29) is 6.09 Å². The Morgan fingerprint density at radius 3 is 2.77 bits per heavy atom. The van der Waals surface area contributed by atoms with Crippen LogP contribution in [0.3, 0.4) is 0 Å². The van der Waals surface area contributed by atoms with Crippen LogP contribution in [0.15, 0.2) is 42.9 Å². The molecule has 0 bridgehead atoms. The van der Waals surface area contributed by atoms with Crippen LogP contribution in [0.2, 0.25) is 0 Å². The third-order valence-electron chi connectivity index (χ3n) is 6.37. The van der Waals surface area contributed by atoms with Gasteiger partial charge in [-0.2, -0.15) is 5.10 Å². The fraction of sp³-hybridized carbons (Fsp3) is 0.321. The standard InChI is InChI=1S/C28H29N7O3S/c1-16-12-18(6-7-21(16)37-19-8-11-35-23(13-19)31-17(2)33-35)32-25-24-20-9-10-34(27(36)38-28(3,4)5)14-22(20)39-26(24)30-15-29-25/h6-8,11-13,15H,9-10,14H2,1-5H3,(H,29,30,32). The molecule has 6 rings (SSSR count). The van der Waals surface area contributed by atoms with Crippen LogP contribution in [0, 0.1) is 13.8 Å². The number of pyridine rings is 1. The highest BCUT2D eigenvalue weighted by atomic mass is 32.1. The summed E-state index contributed by atoms with van der Waals surface area (Å²) in [6.07, 6.45) is 3.85. The molecule has 10 nitrogen and oxygen atoms in total. The molecule has 0 saturated carbocycles. The number of nitrogens with one attached hydrogen (secondary N) is 1. The average Bonchev–Trinajstić information content (AvgIpc) is 3.43. The minimum Gasteiger partial charge on any atom is -0.457 e. The van der Waals surface area contributed by atoms with E-state index >= 15 is 0 Å². The molecular formula is C28H29N7O3S. The van der Waals surface area contributed by atoms with E-state index in [1.165, 1.54) is 5.56 Å². The van der Waals surface area contributed by atoms with Gasteiger partial charge < -0.3 is 19.7 Å². The number of anilines is 2. The Balaban J connectivity index is 1.22. The average molecular weight is 544 g/mol. The molecule has 0 unspecified atom stereocenters. The Morgan fingerprint density at radius 1 is 1.13 bits per heavy atom. The van der Waals surface area contributed by atoms with E-state index in [1.807, 2.05) is 71.1 Å². The second-order valence-electron chi connectivity index (χ2n) is 10.6. The molecule has 5 aromatic rings. The van der Waals surface area contributed by atoms with Crippen molar-refractivity contribution in [3.8, 4) is 11.5 Å². The van der Waals surface area contributed by atoms with E-state index in [4.69, 9.17) is 9.47 Å². The Kier molecular flexibility index (Phi) is 6.10. The van der Waals surface area contributed by atoms with Gasteiger partial charge in [0.1, 0.15) is 39.9 Å². The van der Waals surface area contributed by atoms with Gasteiger partial charge >= 0.3 is 6.09 Å². The van der Waals surface area contributed by atoms with Gasteiger partial charge in [0, 0.05) is 29.4 Å². The maximum Gasteiger partial charge on any atom is 0.410 e. The molecule has 4 aromatic heterocycles. The maximum absolute atomic E-state index is 12.6. The van der Waals surface area contributed by atoms with E-state index in [9.17, 15) is 4.79 Å². The molecule has 0 fully saturated rings. The Hall–Kier alpha value is -4.25. The number of amides is 1. The molecule has 1 aliphatic rings. The van der Waals surface area contributed by atoms with Crippen LogP contribution in [0.5, 0.6) is 11.5 Å². The Morgan fingerprint density at radius 2 is 1.97 bits per heavy atom. The first-order valence-electron chi connectivity index (χ1n) is 12.7. The first-order valence-corrected chi connectivity index (χ1v) is 13.6. The quantitative estimate of drug-likeness (QED) is 0.286. The van der Waals surface area contributed by atoms with Gasteiger partial charge in [0.15, 0.2) is 5.65 Å². The van der Waals surface area contributed by atoms with E-state index in [0.717, 1.165) is 50.0 Å². The van der Waals surface area contributed by atoms with E-state index in [2.05, 4.69) is 25.4 Å². The number of carbonyl (C=O) groups excluding carboxylic acids is 1. The minimum atomic E-state index is -0.525. The lowest BCUT2D eigenvalue weighted by molar-refractivity contribution is 0.0227. The molecule has 0 aliphatic carbocycles. The van der Waals surface area contributed by atoms with Crippen LogP contribution < -0.4 is 10.1 Å². The molecule has 200 valence electrons. The number of ether oxygens (including phenoxy) is 2. The van der Waals surface area contributed by atoms with E-state index in [0.29, 0.717) is 24.7 Å². The largest absolute Gasteiger partial charge is 0.457 e. The third-order valence-corrected chi connectivity index (χ3v) is 7.49. The Labute approximate surface area is 229 Å². The normalized spacial score (nSPS) is 13.5. The lowest BCUT2D eigenvalue weighted by Crippen LogP contribution is -2.39. The van der Waals surface area contributed by atoms with Gasteiger partial charge in [0.05, 0.1) is 11.9 Å². The molecule has 1 aromatic carbocycles. The number of aryl methyl sites for hydroxylation is 2. The summed E-state index contributed by atoms with van der Waals surface area (Å²) < 4.78 is 13.5. The lowest BCUT2D eigenvalue weighted by atomic mass is 10.1. The van der Waals surface area contributed by atoms with Gasteiger partial charge in [-0.15, -0.1) is 11.3 Å². The predicted molar refractivity (Wildman–Crippen MR) is 150 cm³/mol. The van der Waals surface area contributed by atoms with Crippen molar-refractivity contribution >= 4 is 44.8 Å². The first-order chi connectivity index (χ1) is 18.6. The molecule has 0 radical (unpaired) electrons. The molecule has 5 heterocycles. The highest BCUT2D eigenvalue weighted by molar-refractivity contribution is 7.19. The summed E-state index contributed by atoms with van der Waals surface area (Å²) in [5, 5.41) is 8.80. The Bertz CT molecular complexity index is 1720. The topological polar surface area (TPSA) is 107 Å². The second-order valence-corrected chi connectivity index (χ2v) is 11.7. The molecule has 1 N–H and O–H groups in total. The van der Waals surface area contributed by atoms with Crippen LogP contribution in [0.1, 0.15) is 42.6 Å². The van der Waals surface area contributed by atoms with Crippen molar-refractivity contribution < 1.29 is 14.3 Å². The molecule has 0 spiro atoms. The van der Waals surface area contributed by atoms with E-state index < -0.39 is 5.60 Å². The molecule has 1 aliphatic heterocycles. The zero-order valence-electron chi connectivity index (χ0n) is 22.5. The number of benzene rings is 1. The van der Waals surface area contributed by atoms with Crippen molar-refractivity contribution in [2.45, 2.75) is 53.2 Å². The number of fused-ring (bicyclic) bond motifs is 4. The SMILES string of the molecule is Cc1nc2cc(Oc3ccc(Nc4ncnc5sc6c(c45)CCN(C(=O)OC(C)(C)C)C6)cc3C)ccn2n1. The highest BCUT2D eigenvalue weighted by Crippen LogP contribution is 2.39. The number of thiophene rings is 1. The van der Waals surface area contributed by atoms with Gasteiger partial charge in [-0.1, -0.05) is 0 Å². The first kappa shape index (κ1) is 25.1. The van der Waals surface area contributed by atoms with Crippen molar-refractivity contribution in [1.29, 1.82) is 0 Å². The summed E-state index contributed by atoms with van der Waals surface area (Å²) in [5.74, 6) is 2.92. The summed E-state index contributed by atoms with van der Waals surface area (Å²) in [4.78, 5) is 29.9.